The highest BCUT2D eigenvalue weighted by Crippen LogP contribution is 2.62. The van der Waals surface area contributed by atoms with Crippen molar-refractivity contribution in [1.82, 2.24) is 4.90 Å². The molecular weight excluding hydrogens is 664 g/mol. The molecule has 2 aromatic carbocycles. The van der Waals surface area contributed by atoms with Gasteiger partial charge < -0.3 is 38.9 Å². The van der Waals surface area contributed by atoms with Gasteiger partial charge in [-0.3, -0.25) is 9.59 Å². The Morgan fingerprint density at radius 2 is 1.79 bits per heavy atom. The van der Waals surface area contributed by atoms with Gasteiger partial charge in [0.1, 0.15) is 36.1 Å². The number of methoxy groups -OCH3 is 1. The highest BCUT2D eigenvalue weighted by atomic mass is 16.7. The van der Waals surface area contributed by atoms with Crippen LogP contribution >= 0.6 is 0 Å². The van der Waals surface area contributed by atoms with Crippen LogP contribution in [0.25, 0.3) is 0 Å². The Labute approximate surface area is 306 Å². The number of amides is 1. The Kier molecular flexibility index (Phi) is 12.0. The molecular formula is C41H52N2O9. The number of aldehydes is 1. The number of nitrogens with zero attached hydrogens (tertiary/aromatic N) is 2. The van der Waals surface area contributed by atoms with Crippen molar-refractivity contribution in [1.29, 1.82) is 0 Å². The number of unbranched alkanes of at least 4 members (excludes halogenated alkanes) is 2. The van der Waals surface area contributed by atoms with Crippen LogP contribution in [0.1, 0.15) is 79.6 Å². The van der Waals surface area contributed by atoms with Crippen molar-refractivity contribution >= 4 is 17.9 Å². The molecule has 11 heteroatoms. The molecule has 2 aromatic rings. The fraction of sp³-hybridized carbons (Fsp3) is 0.537. The quantitative estimate of drug-likeness (QED) is 0.0774. The van der Waals surface area contributed by atoms with Gasteiger partial charge in [0.05, 0.1) is 30.9 Å². The molecule has 1 aliphatic heterocycles. The summed E-state index contributed by atoms with van der Waals surface area (Å²) in [6, 6.07) is 10.4. The number of carbonyl (C=O) groups is 2. The van der Waals surface area contributed by atoms with E-state index in [1.165, 1.54) is 7.11 Å². The Hall–Kier alpha value is -4.19. The van der Waals surface area contributed by atoms with E-state index < -0.39 is 11.8 Å². The number of benzene rings is 2. The molecule has 0 spiro atoms. The molecule has 2 N–H and O–H groups in total. The van der Waals surface area contributed by atoms with Crippen molar-refractivity contribution in [3.8, 4) is 23.0 Å². The maximum atomic E-state index is 13.8. The standard InChI is InChI=1S/C41H52N2O9/c1-5-20-50-41-37(43(2)40(47)26-12-13-26)24-34(42-49-4)32-22-27(10-6-8-18-44)31(11-7-9-19-45)38(39(32)41)33-23-30(15-17-36(33)52-41)51-29-14-16-35(48-3)28(21-29)25-46/h5,14-17,21-23,25-27,31,37-39,44-45H,1,6-13,18-20,24H2,2-4H3. The minimum absolute atomic E-state index is 0.0150. The van der Waals surface area contributed by atoms with Crippen molar-refractivity contribution in [3.05, 3.63) is 71.8 Å². The lowest BCUT2D eigenvalue weighted by Crippen LogP contribution is -2.69. The molecule has 280 valence electrons. The van der Waals surface area contributed by atoms with Crippen LogP contribution in [-0.2, 0) is 14.4 Å². The molecule has 6 unspecified atom stereocenters. The lowest BCUT2D eigenvalue weighted by Gasteiger charge is -2.59. The van der Waals surface area contributed by atoms with E-state index in [2.05, 4.69) is 17.8 Å². The van der Waals surface area contributed by atoms with Crippen LogP contribution in [0.3, 0.4) is 0 Å². The number of aliphatic hydroxyl groups excluding tert-OH is 2. The zero-order valence-electron chi connectivity index (χ0n) is 30.5. The first kappa shape index (κ1) is 37.6. The van der Waals surface area contributed by atoms with Gasteiger partial charge in [-0.15, -0.1) is 6.58 Å². The molecule has 6 atom stereocenters. The molecule has 0 radical (unpaired) electrons. The van der Waals surface area contributed by atoms with Crippen LogP contribution in [0.2, 0.25) is 0 Å². The maximum absolute atomic E-state index is 13.8. The molecule has 6 rings (SSSR count). The van der Waals surface area contributed by atoms with Crippen LogP contribution in [0.5, 0.6) is 23.0 Å². The van der Waals surface area contributed by atoms with E-state index in [0.29, 0.717) is 47.8 Å². The summed E-state index contributed by atoms with van der Waals surface area (Å²) in [5.41, 5.74) is 3.07. The Balaban J connectivity index is 1.54. The summed E-state index contributed by atoms with van der Waals surface area (Å²) in [6.07, 6.45) is 11.6. The largest absolute Gasteiger partial charge is 0.496 e. The second-order valence-electron chi connectivity index (χ2n) is 14.3. The number of hydrogen-bond acceptors (Lipinski definition) is 10. The van der Waals surface area contributed by atoms with Crippen molar-refractivity contribution in [3.63, 3.8) is 0 Å². The molecule has 4 aliphatic rings. The monoisotopic (exact) mass is 716 g/mol. The number of allylic oxidation sites excluding steroid dienone is 1. The third kappa shape index (κ3) is 7.36. The molecule has 1 heterocycles. The van der Waals surface area contributed by atoms with E-state index in [-0.39, 0.29) is 55.3 Å². The summed E-state index contributed by atoms with van der Waals surface area (Å²) >= 11 is 0. The number of carbonyl (C=O) groups excluding carboxylic acids is 2. The van der Waals surface area contributed by atoms with E-state index in [4.69, 9.17) is 23.8 Å². The zero-order valence-corrected chi connectivity index (χ0v) is 30.5. The van der Waals surface area contributed by atoms with Crippen molar-refractivity contribution in [2.45, 2.75) is 75.5 Å². The Morgan fingerprint density at radius 3 is 2.46 bits per heavy atom. The first-order valence-corrected chi connectivity index (χ1v) is 18.5. The predicted molar refractivity (Wildman–Crippen MR) is 196 cm³/mol. The molecule has 2 fully saturated rings. The Morgan fingerprint density at radius 1 is 1.06 bits per heavy atom. The molecule has 11 nitrogen and oxygen atoms in total. The third-order valence-electron chi connectivity index (χ3n) is 11.2. The van der Waals surface area contributed by atoms with Crippen LogP contribution in [-0.4, -0.2) is 85.9 Å². The summed E-state index contributed by atoms with van der Waals surface area (Å²) in [7, 11) is 4.90. The first-order chi connectivity index (χ1) is 25.3. The molecule has 0 saturated heterocycles. The van der Waals surface area contributed by atoms with Crippen molar-refractivity contribution < 1.29 is 43.6 Å². The predicted octanol–water partition coefficient (Wildman–Crippen LogP) is 6.43. The average Bonchev–Trinajstić information content (AvgIpc) is 4.01. The SMILES string of the molecule is C=CCOC12Oc3ccc(Oc4ccc(OC)c(C=O)c4)cc3C3C(CCCCO)C(CCCCO)C=C(C(=NOC)CC1N(C)C(=O)C1CC1)C32. The van der Waals surface area contributed by atoms with E-state index in [1.807, 2.05) is 30.1 Å². The highest BCUT2D eigenvalue weighted by Gasteiger charge is 2.65. The summed E-state index contributed by atoms with van der Waals surface area (Å²) in [4.78, 5) is 32.9. The second kappa shape index (κ2) is 16.7. The van der Waals surface area contributed by atoms with E-state index in [0.717, 1.165) is 61.7 Å². The number of hydrogen-bond donors (Lipinski definition) is 2. The second-order valence-corrected chi connectivity index (χ2v) is 14.3. The molecule has 1 amide bonds. The van der Waals surface area contributed by atoms with Crippen LogP contribution in [0, 0.1) is 23.7 Å². The smallest absolute Gasteiger partial charge is 0.239 e. The first-order valence-electron chi connectivity index (χ1n) is 18.5. The number of fused-ring (bicyclic) bond motifs is 2. The van der Waals surface area contributed by atoms with Gasteiger partial charge in [0.2, 0.25) is 11.7 Å². The minimum atomic E-state index is -1.27. The normalized spacial score (nSPS) is 26.7. The van der Waals surface area contributed by atoms with Gasteiger partial charge >= 0.3 is 0 Å². The minimum Gasteiger partial charge on any atom is -0.496 e. The van der Waals surface area contributed by atoms with E-state index in [1.54, 1.807) is 31.4 Å². The topological polar surface area (TPSA) is 136 Å². The van der Waals surface area contributed by atoms with E-state index >= 15 is 0 Å². The lowest BCUT2D eigenvalue weighted by atomic mass is 9.55. The van der Waals surface area contributed by atoms with Gasteiger partial charge in [0.15, 0.2) is 6.29 Å². The lowest BCUT2D eigenvalue weighted by molar-refractivity contribution is -0.255. The number of likely N-dealkylation sites (N-methyl/N-ethyl adjacent to an activating group) is 1. The molecule has 52 heavy (non-hydrogen) atoms. The summed E-state index contributed by atoms with van der Waals surface area (Å²) < 4.78 is 25.8. The van der Waals surface area contributed by atoms with Crippen LogP contribution in [0.4, 0.5) is 0 Å². The molecule has 0 aromatic heterocycles. The molecule has 0 bridgehead atoms. The number of rotatable bonds is 18. The summed E-state index contributed by atoms with van der Waals surface area (Å²) in [5, 5.41) is 24.1. The molecule has 2 saturated carbocycles. The summed E-state index contributed by atoms with van der Waals surface area (Å²) in [5.74, 6) is 0.621. The highest BCUT2D eigenvalue weighted by molar-refractivity contribution is 6.03. The van der Waals surface area contributed by atoms with Crippen molar-refractivity contribution in [2.24, 2.45) is 28.8 Å². The van der Waals surface area contributed by atoms with Crippen LogP contribution in [0.15, 0.2) is 65.9 Å². The Bertz CT molecular complexity index is 1670. The van der Waals surface area contributed by atoms with Gasteiger partial charge in [0.25, 0.3) is 0 Å². The van der Waals surface area contributed by atoms with Crippen molar-refractivity contribution in [2.75, 3.05) is 41.1 Å². The number of ether oxygens (including phenoxy) is 4. The maximum Gasteiger partial charge on any atom is 0.239 e. The van der Waals surface area contributed by atoms with Gasteiger partial charge in [0, 0.05) is 44.1 Å². The zero-order chi connectivity index (χ0) is 36.8. The third-order valence-corrected chi connectivity index (χ3v) is 11.2. The molecule has 3 aliphatic carbocycles. The van der Waals surface area contributed by atoms with Gasteiger partial charge in [-0.1, -0.05) is 30.1 Å². The summed E-state index contributed by atoms with van der Waals surface area (Å²) in [6.45, 7) is 4.40. The van der Waals surface area contributed by atoms with Gasteiger partial charge in [-0.25, -0.2) is 0 Å². The van der Waals surface area contributed by atoms with Gasteiger partial charge in [-0.05, 0) is 92.3 Å². The van der Waals surface area contributed by atoms with Gasteiger partial charge in [-0.2, -0.15) is 0 Å². The number of aliphatic hydroxyl groups is 2. The fourth-order valence-electron chi connectivity index (χ4n) is 8.68. The fourth-order valence-corrected chi connectivity index (χ4v) is 8.68. The van der Waals surface area contributed by atoms with E-state index in [9.17, 15) is 19.8 Å². The number of oxime groups is 1. The average molecular weight is 717 g/mol. The van der Waals surface area contributed by atoms with Crippen LogP contribution < -0.4 is 14.2 Å².